The van der Waals surface area contributed by atoms with Gasteiger partial charge in [0, 0.05) is 49.9 Å². The Morgan fingerprint density at radius 1 is 1.03 bits per heavy atom. The summed E-state index contributed by atoms with van der Waals surface area (Å²) in [6.45, 7) is 2.19. The second-order valence-corrected chi connectivity index (χ2v) is 8.18. The molecule has 1 aromatic carbocycles. The summed E-state index contributed by atoms with van der Waals surface area (Å²) < 4.78 is 2.02. The molecule has 2 fully saturated rings. The maximum Gasteiger partial charge on any atom is 0.246 e. The van der Waals surface area contributed by atoms with Crippen LogP contribution >= 0.6 is 0 Å². The Morgan fingerprint density at radius 3 is 2.71 bits per heavy atom. The molecule has 3 aromatic rings. The van der Waals surface area contributed by atoms with Crippen LogP contribution in [0.5, 0.6) is 0 Å². The van der Waals surface area contributed by atoms with Crippen molar-refractivity contribution in [2.75, 3.05) is 24.5 Å². The first-order chi connectivity index (χ1) is 15.2. The molecule has 31 heavy (non-hydrogen) atoms. The molecule has 2 saturated heterocycles. The standard InChI is InChI=1S/C24H25N5O2/c30-22(13-10-18-8-11-20(12-9-18)28-16-4-7-23(28)31)27-14-3-5-19(17-27)24-26-25-21-6-1-2-15-29(21)24/h1-2,6,8-13,15,19H,3-5,7,14,16-17H2/b13-10+. The van der Waals surface area contributed by atoms with Gasteiger partial charge in [-0.2, -0.15) is 0 Å². The van der Waals surface area contributed by atoms with Gasteiger partial charge in [0.05, 0.1) is 0 Å². The van der Waals surface area contributed by atoms with E-state index in [1.165, 1.54) is 0 Å². The third-order valence-electron chi connectivity index (χ3n) is 6.13. The number of aromatic nitrogens is 3. The van der Waals surface area contributed by atoms with Crippen LogP contribution in [0.4, 0.5) is 5.69 Å². The lowest BCUT2D eigenvalue weighted by atomic mass is 9.97. The van der Waals surface area contributed by atoms with Crippen LogP contribution < -0.4 is 4.90 Å². The van der Waals surface area contributed by atoms with Gasteiger partial charge in [0.2, 0.25) is 11.8 Å². The fourth-order valence-electron chi connectivity index (χ4n) is 4.49. The SMILES string of the molecule is O=C(/C=C/c1ccc(N2CCCC2=O)cc1)N1CCCC(c2nnc3ccccn23)C1. The molecule has 0 N–H and O–H groups in total. The minimum absolute atomic E-state index is 0.0114. The van der Waals surface area contributed by atoms with Crippen LogP contribution in [0.2, 0.25) is 0 Å². The first-order valence-corrected chi connectivity index (χ1v) is 10.9. The third kappa shape index (κ3) is 3.95. The van der Waals surface area contributed by atoms with Gasteiger partial charge in [-0.1, -0.05) is 18.2 Å². The van der Waals surface area contributed by atoms with Crippen LogP contribution in [-0.4, -0.2) is 50.9 Å². The number of carbonyl (C=O) groups excluding carboxylic acids is 2. The van der Waals surface area contributed by atoms with E-state index in [9.17, 15) is 9.59 Å². The fourth-order valence-corrected chi connectivity index (χ4v) is 4.49. The molecule has 0 aliphatic carbocycles. The minimum atomic E-state index is 0.0114. The van der Waals surface area contributed by atoms with E-state index in [4.69, 9.17) is 0 Å². The number of piperidine rings is 1. The van der Waals surface area contributed by atoms with E-state index < -0.39 is 0 Å². The molecule has 0 radical (unpaired) electrons. The summed E-state index contributed by atoms with van der Waals surface area (Å²) in [6, 6.07) is 13.7. The molecule has 0 saturated carbocycles. The number of carbonyl (C=O) groups is 2. The molecule has 0 bridgehead atoms. The predicted octanol–water partition coefficient (Wildman–Crippen LogP) is 3.28. The first-order valence-electron chi connectivity index (χ1n) is 10.9. The maximum absolute atomic E-state index is 12.8. The zero-order valence-corrected chi connectivity index (χ0v) is 17.4. The van der Waals surface area contributed by atoms with Crippen LogP contribution in [0, 0.1) is 0 Å². The van der Waals surface area contributed by atoms with Crippen molar-refractivity contribution in [1.29, 1.82) is 0 Å². The average Bonchev–Trinajstić information content (AvgIpc) is 3.44. The lowest BCUT2D eigenvalue weighted by Crippen LogP contribution is -2.38. The number of anilines is 1. The van der Waals surface area contributed by atoms with Gasteiger partial charge in [-0.15, -0.1) is 10.2 Å². The Labute approximate surface area is 181 Å². The van der Waals surface area contributed by atoms with Gasteiger partial charge in [-0.05, 0) is 55.2 Å². The van der Waals surface area contributed by atoms with Gasteiger partial charge < -0.3 is 9.80 Å². The zero-order chi connectivity index (χ0) is 21.2. The Hall–Kier alpha value is -3.48. The van der Waals surface area contributed by atoms with Crippen molar-refractivity contribution in [3.05, 3.63) is 66.1 Å². The highest BCUT2D eigenvalue weighted by Crippen LogP contribution is 2.26. The van der Waals surface area contributed by atoms with Crippen molar-refractivity contribution in [3.63, 3.8) is 0 Å². The Kier molecular flexibility index (Phi) is 5.24. The quantitative estimate of drug-likeness (QED) is 0.613. The molecular weight excluding hydrogens is 390 g/mol. The number of nitrogens with zero attached hydrogens (tertiary/aromatic N) is 5. The lowest BCUT2D eigenvalue weighted by Gasteiger charge is -2.31. The van der Waals surface area contributed by atoms with Crippen LogP contribution in [0.3, 0.4) is 0 Å². The Balaban J connectivity index is 1.24. The van der Waals surface area contributed by atoms with Crippen molar-refractivity contribution < 1.29 is 9.59 Å². The number of amides is 2. The molecule has 2 aromatic heterocycles. The van der Waals surface area contributed by atoms with Gasteiger partial charge in [-0.25, -0.2) is 0 Å². The summed E-state index contributed by atoms with van der Waals surface area (Å²) in [6.07, 6.45) is 8.94. The highest BCUT2D eigenvalue weighted by molar-refractivity contribution is 5.95. The summed E-state index contributed by atoms with van der Waals surface area (Å²) >= 11 is 0. The molecule has 158 valence electrons. The van der Waals surface area contributed by atoms with Crippen molar-refractivity contribution in [2.24, 2.45) is 0 Å². The second-order valence-electron chi connectivity index (χ2n) is 8.18. The second kappa shape index (κ2) is 8.34. The number of likely N-dealkylation sites (tertiary alicyclic amines) is 1. The lowest BCUT2D eigenvalue weighted by molar-refractivity contribution is -0.127. The molecule has 1 unspecified atom stereocenters. The number of fused-ring (bicyclic) bond motifs is 1. The first kappa shape index (κ1) is 19.5. The van der Waals surface area contributed by atoms with Crippen molar-refractivity contribution in [2.45, 2.75) is 31.6 Å². The van der Waals surface area contributed by atoms with Crippen LogP contribution in [0.1, 0.15) is 43.0 Å². The van der Waals surface area contributed by atoms with Crippen LogP contribution in [-0.2, 0) is 9.59 Å². The number of hydrogen-bond acceptors (Lipinski definition) is 4. The normalized spacial score (nSPS) is 19.6. The van der Waals surface area contributed by atoms with E-state index in [0.29, 0.717) is 13.0 Å². The van der Waals surface area contributed by atoms with E-state index in [2.05, 4.69) is 10.2 Å². The largest absolute Gasteiger partial charge is 0.338 e. The number of benzene rings is 1. The van der Waals surface area contributed by atoms with E-state index in [1.807, 2.05) is 68.9 Å². The van der Waals surface area contributed by atoms with Gasteiger partial charge in [0.15, 0.2) is 5.65 Å². The maximum atomic E-state index is 12.8. The monoisotopic (exact) mass is 415 g/mol. The average molecular weight is 415 g/mol. The molecule has 7 nitrogen and oxygen atoms in total. The molecule has 1 atom stereocenters. The van der Waals surface area contributed by atoms with Crippen molar-refractivity contribution in [1.82, 2.24) is 19.5 Å². The molecular formula is C24H25N5O2. The Bertz CT molecular complexity index is 1130. The molecule has 7 heteroatoms. The van der Waals surface area contributed by atoms with Gasteiger partial charge in [0.25, 0.3) is 0 Å². The summed E-state index contributed by atoms with van der Waals surface area (Å²) in [4.78, 5) is 28.4. The number of pyridine rings is 1. The minimum Gasteiger partial charge on any atom is -0.338 e. The van der Waals surface area contributed by atoms with E-state index >= 15 is 0 Å². The molecule has 4 heterocycles. The van der Waals surface area contributed by atoms with Crippen molar-refractivity contribution >= 4 is 29.2 Å². The molecule has 5 rings (SSSR count). The van der Waals surface area contributed by atoms with Crippen molar-refractivity contribution in [3.8, 4) is 0 Å². The van der Waals surface area contributed by atoms with E-state index in [0.717, 1.165) is 55.1 Å². The predicted molar refractivity (Wildman–Crippen MR) is 119 cm³/mol. The van der Waals surface area contributed by atoms with E-state index in [-0.39, 0.29) is 17.7 Å². The highest BCUT2D eigenvalue weighted by Gasteiger charge is 2.27. The highest BCUT2D eigenvalue weighted by atomic mass is 16.2. The van der Waals surface area contributed by atoms with E-state index in [1.54, 1.807) is 6.08 Å². The smallest absolute Gasteiger partial charge is 0.246 e. The number of hydrogen-bond donors (Lipinski definition) is 0. The van der Waals surface area contributed by atoms with Gasteiger partial charge in [-0.3, -0.25) is 14.0 Å². The summed E-state index contributed by atoms with van der Waals surface area (Å²) in [7, 11) is 0. The van der Waals surface area contributed by atoms with Gasteiger partial charge >= 0.3 is 0 Å². The Morgan fingerprint density at radius 2 is 1.90 bits per heavy atom. The zero-order valence-electron chi connectivity index (χ0n) is 17.4. The molecule has 2 aliphatic rings. The van der Waals surface area contributed by atoms with Crippen LogP contribution in [0.15, 0.2) is 54.7 Å². The molecule has 2 aliphatic heterocycles. The summed E-state index contributed by atoms with van der Waals surface area (Å²) in [5.74, 6) is 1.29. The summed E-state index contributed by atoms with van der Waals surface area (Å²) in [5.41, 5.74) is 2.70. The fraction of sp³-hybridized carbons (Fsp3) is 0.333. The topological polar surface area (TPSA) is 70.8 Å². The van der Waals surface area contributed by atoms with Gasteiger partial charge in [0.1, 0.15) is 5.82 Å². The number of rotatable bonds is 4. The van der Waals surface area contributed by atoms with Crippen LogP contribution in [0.25, 0.3) is 11.7 Å². The summed E-state index contributed by atoms with van der Waals surface area (Å²) in [5, 5.41) is 8.63. The molecule has 0 spiro atoms. The third-order valence-corrected chi connectivity index (χ3v) is 6.13. The molecule has 2 amide bonds.